The van der Waals surface area contributed by atoms with Crippen LogP contribution >= 0.6 is 27.5 Å². The van der Waals surface area contributed by atoms with Gasteiger partial charge in [-0.2, -0.15) is 0 Å². The average Bonchev–Trinajstić information content (AvgIpc) is 2.43. The maximum atomic E-state index is 12.1. The molecule has 0 aromatic heterocycles. The first-order valence-corrected chi connectivity index (χ1v) is 9.75. The van der Waals surface area contributed by atoms with E-state index in [4.69, 9.17) is 11.6 Å². The molecular formula is C16H15BrClNO3S. The number of hydrogen-bond donors (Lipinski definition) is 1. The average molecular weight is 417 g/mol. The van der Waals surface area contributed by atoms with E-state index in [1.165, 1.54) is 0 Å². The van der Waals surface area contributed by atoms with Gasteiger partial charge >= 0.3 is 0 Å². The van der Waals surface area contributed by atoms with Gasteiger partial charge in [0.25, 0.3) is 0 Å². The van der Waals surface area contributed by atoms with Gasteiger partial charge < -0.3 is 5.32 Å². The SMILES string of the molecule is Cc1cc(Br)ccc1NC(=O)CS(=O)(=O)Cc1ccc(Cl)cc1. The molecule has 0 atom stereocenters. The third-order valence-electron chi connectivity index (χ3n) is 3.11. The monoisotopic (exact) mass is 415 g/mol. The Labute approximate surface area is 148 Å². The molecule has 0 unspecified atom stereocenters. The van der Waals surface area contributed by atoms with Crippen molar-refractivity contribution < 1.29 is 13.2 Å². The Morgan fingerprint density at radius 2 is 1.83 bits per heavy atom. The van der Waals surface area contributed by atoms with Crippen molar-refractivity contribution in [3.8, 4) is 0 Å². The maximum absolute atomic E-state index is 12.1. The quantitative estimate of drug-likeness (QED) is 0.802. The van der Waals surface area contributed by atoms with Gasteiger partial charge in [0.15, 0.2) is 9.84 Å². The first kappa shape index (κ1) is 18.0. The minimum atomic E-state index is -3.55. The molecule has 0 saturated carbocycles. The lowest BCUT2D eigenvalue weighted by atomic mass is 10.2. The van der Waals surface area contributed by atoms with E-state index in [1.807, 2.05) is 13.0 Å². The number of rotatable bonds is 5. The molecule has 0 aliphatic rings. The molecule has 23 heavy (non-hydrogen) atoms. The number of carbonyl (C=O) groups excluding carboxylic acids is 1. The molecule has 0 fully saturated rings. The normalized spacial score (nSPS) is 11.3. The van der Waals surface area contributed by atoms with Crippen LogP contribution in [0.25, 0.3) is 0 Å². The highest BCUT2D eigenvalue weighted by molar-refractivity contribution is 9.10. The first-order valence-electron chi connectivity index (χ1n) is 6.76. The van der Waals surface area contributed by atoms with E-state index in [-0.39, 0.29) is 5.75 Å². The van der Waals surface area contributed by atoms with Crippen LogP contribution in [0.15, 0.2) is 46.9 Å². The fourth-order valence-electron chi connectivity index (χ4n) is 2.04. The molecule has 0 radical (unpaired) electrons. The van der Waals surface area contributed by atoms with Crippen molar-refractivity contribution in [2.45, 2.75) is 12.7 Å². The molecule has 2 aromatic rings. The Morgan fingerprint density at radius 3 is 2.43 bits per heavy atom. The Balaban J connectivity index is 2.02. The zero-order valence-corrected chi connectivity index (χ0v) is 15.5. The van der Waals surface area contributed by atoms with E-state index in [0.717, 1.165) is 10.0 Å². The highest BCUT2D eigenvalue weighted by Gasteiger charge is 2.18. The molecule has 122 valence electrons. The van der Waals surface area contributed by atoms with Crippen LogP contribution in [0.5, 0.6) is 0 Å². The Hall–Kier alpha value is -1.37. The standard InChI is InChI=1S/C16H15BrClNO3S/c1-11-8-13(17)4-7-15(11)19-16(20)10-23(21,22)9-12-2-5-14(18)6-3-12/h2-8H,9-10H2,1H3,(H,19,20). The Kier molecular flexibility index (Phi) is 5.84. The number of benzene rings is 2. The summed E-state index contributed by atoms with van der Waals surface area (Å²) in [5, 5.41) is 3.17. The predicted molar refractivity (Wildman–Crippen MR) is 96.5 cm³/mol. The summed E-state index contributed by atoms with van der Waals surface area (Å²) in [6, 6.07) is 11.9. The molecule has 0 aliphatic carbocycles. The van der Waals surface area contributed by atoms with Gasteiger partial charge in [0, 0.05) is 15.2 Å². The second-order valence-electron chi connectivity index (χ2n) is 5.17. The van der Waals surface area contributed by atoms with Crippen molar-refractivity contribution in [1.82, 2.24) is 0 Å². The van der Waals surface area contributed by atoms with E-state index in [0.29, 0.717) is 16.3 Å². The molecule has 0 saturated heterocycles. The molecule has 0 spiro atoms. The summed E-state index contributed by atoms with van der Waals surface area (Å²) in [5.41, 5.74) is 2.05. The van der Waals surface area contributed by atoms with E-state index in [2.05, 4.69) is 21.2 Å². The lowest BCUT2D eigenvalue weighted by molar-refractivity contribution is -0.113. The van der Waals surface area contributed by atoms with E-state index < -0.39 is 21.5 Å². The smallest absolute Gasteiger partial charge is 0.239 e. The maximum Gasteiger partial charge on any atom is 0.239 e. The van der Waals surface area contributed by atoms with Gasteiger partial charge in [-0.25, -0.2) is 8.42 Å². The van der Waals surface area contributed by atoms with Crippen LogP contribution in [0.2, 0.25) is 5.02 Å². The number of hydrogen-bond acceptors (Lipinski definition) is 3. The zero-order chi connectivity index (χ0) is 17.0. The van der Waals surface area contributed by atoms with Crippen LogP contribution in [-0.2, 0) is 20.4 Å². The number of aryl methyl sites for hydroxylation is 1. The second-order valence-corrected chi connectivity index (χ2v) is 8.58. The number of amides is 1. The van der Waals surface area contributed by atoms with Crippen molar-refractivity contribution in [2.75, 3.05) is 11.1 Å². The molecule has 7 heteroatoms. The largest absolute Gasteiger partial charge is 0.325 e. The second kappa shape index (κ2) is 7.47. The predicted octanol–water partition coefficient (Wildman–Crippen LogP) is 3.96. The van der Waals surface area contributed by atoms with Gasteiger partial charge in [-0.1, -0.05) is 39.7 Å². The van der Waals surface area contributed by atoms with Gasteiger partial charge in [-0.05, 0) is 48.4 Å². The third kappa shape index (κ3) is 5.64. The van der Waals surface area contributed by atoms with Gasteiger partial charge in [0.1, 0.15) is 5.75 Å². The van der Waals surface area contributed by atoms with Crippen molar-refractivity contribution in [2.24, 2.45) is 0 Å². The van der Waals surface area contributed by atoms with Crippen LogP contribution in [0.1, 0.15) is 11.1 Å². The molecule has 2 aromatic carbocycles. The third-order valence-corrected chi connectivity index (χ3v) is 5.33. The van der Waals surface area contributed by atoms with Crippen LogP contribution in [0, 0.1) is 6.92 Å². The number of anilines is 1. The Bertz CT molecular complexity index is 820. The van der Waals surface area contributed by atoms with Gasteiger partial charge in [-0.15, -0.1) is 0 Å². The van der Waals surface area contributed by atoms with Crippen molar-refractivity contribution in [3.05, 3.63) is 63.1 Å². The van der Waals surface area contributed by atoms with Crippen molar-refractivity contribution >= 4 is 49.0 Å². The first-order chi connectivity index (χ1) is 10.7. The summed E-state index contributed by atoms with van der Waals surface area (Å²) in [5.74, 6) is -1.31. The highest BCUT2D eigenvalue weighted by atomic mass is 79.9. The molecule has 0 aliphatic heterocycles. The summed E-state index contributed by atoms with van der Waals surface area (Å²) in [6.07, 6.45) is 0. The summed E-state index contributed by atoms with van der Waals surface area (Å²) >= 11 is 9.10. The summed E-state index contributed by atoms with van der Waals surface area (Å²) < 4.78 is 25.1. The fourth-order valence-corrected chi connectivity index (χ4v) is 3.91. The van der Waals surface area contributed by atoms with Gasteiger partial charge in [0.2, 0.25) is 5.91 Å². The molecule has 4 nitrogen and oxygen atoms in total. The number of nitrogens with one attached hydrogen (secondary N) is 1. The fraction of sp³-hybridized carbons (Fsp3) is 0.188. The molecule has 1 N–H and O–H groups in total. The molecule has 1 amide bonds. The Morgan fingerprint density at radius 1 is 1.17 bits per heavy atom. The summed E-state index contributed by atoms with van der Waals surface area (Å²) in [6.45, 7) is 1.84. The molecular weight excluding hydrogens is 402 g/mol. The van der Waals surface area contributed by atoms with Gasteiger partial charge in [0.05, 0.1) is 5.75 Å². The lowest BCUT2D eigenvalue weighted by Gasteiger charge is -2.09. The number of carbonyl (C=O) groups is 1. The summed E-state index contributed by atoms with van der Waals surface area (Å²) in [4.78, 5) is 12.0. The van der Waals surface area contributed by atoms with Crippen molar-refractivity contribution in [3.63, 3.8) is 0 Å². The molecule has 2 rings (SSSR count). The topological polar surface area (TPSA) is 63.2 Å². The van der Waals surface area contributed by atoms with E-state index in [9.17, 15) is 13.2 Å². The van der Waals surface area contributed by atoms with Crippen LogP contribution in [-0.4, -0.2) is 20.1 Å². The molecule has 0 bridgehead atoms. The molecule has 0 heterocycles. The minimum Gasteiger partial charge on any atom is -0.325 e. The number of sulfone groups is 1. The number of halogens is 2. The van der Waals surface area contributed by atoms with E-state index in [1.54, 1.807) is 36.4 Å². The van der Waals surface area contributed by atoms with Crippen LogP contribution in [0.4, 0.5) is 5.69 Å². The van der Waals surface area contributed by atoms with Crippen LogP contribution in [0.3, 0.4) is 0 Å². The van der Waals surface area contributed by atoms with Crippen molar-refractivity contribution in [1.29, 1.82) is 0 Å². The minimum absolute atomic E-state index is 0.198. The van der Waals surface area contributed by atoms with E-state index >= 15 is 0 Å². The van der Waals surface area contributed by atoms with Gasteiger partial charge in [-0.3, -0.25) is 4.79 Å². The summed E-state index contributed by atoms with van der Waals surface area (Å²) in [7, 11) is -3.55. The highest BCUT2D eigenvalue weighted by Crippen LogP contribution is 2.20. The lowest BCUT2D eigenvalue weighted by Crippen LogP contribution is -2.24. The zero-order valence-electron chi connectivity index (χ0n) is 12.3. The van der Waals surface area contributed by atoms with Crippen LogP contribution < -0.4 is 5.32 Å².